The van der Waals surface area contributed by atoms with Crippen LogP contribution in [-0.2, 0) is 17.7 Å². The number of methoxy groups -OCH3 is 1. The maximum Gasteiger partial charge on any atom is 0.123 e. The molecule has 3 aromatic rings. The fraction of sp³-hybridized carbons (Fsp3) is 0.391. The van der Waals surface area contributed by atoms with Gasteiger partial charge >= 0.3 is 0 Å². The molecule has 2 aliphatic rings. The lowest BCUT2D eigenvalue weighted by molar-refractivity contribution is 0.0338. The van der Waals surface area contributed by atoms with Crippen molar-refractivity contribution >= 4 is 10.9 Å². The van der Waals surface area contributed by atoms with Crippen molar-refractivity contribution in [2.75, 3.05) is 40.0 Å². The van der Waals surface area contributed by atoms with Crippen molar-refractivity contribution in [3.63, 3.8) is 0 Å². The SMILES string of the molecule is COc1ccc([C@H]2NCCc3c2[nH]c2ccccc32)cc1CN1CCOCC1. The second-order valence-corrected chi connectivity index (χ2v) is 7.66. The standard InChI is InChI=1S/C23H27N3O2/c1-27-21-7-6-16(14-17(21)15-26-10-12-28-13-11-26)22-23-19(8-9-24-22)18-4-2-3-5-20(18)25-23/h2-7,14,22,24-25H,8-13,15H2,1H3/t22-/m1/s1. The molecule has 28 heavy (non-hydrogen) atoms. The third kappa shape index (κ3) is 3.20. The Balaban J connectivity index is 1.51. The van der Waals surface area contributed by atoms with Gasteiger partial charge in [-0.1, -0.05) is 24.3 Å². The molecule has 0 aliphatic carbocycles. The Hall–Kier alpha value is -2.34. The number of rotatable bonds is 4. The van der Waals surface area contributed by atoms with E-state index >= 15 is 0 Å². The molecule has 2 aromatic carbocycles. The normalized spacial score (nSPS) is 20.2. The van der Waals surface area contributed by atoms with Gasteiger partial charge in [-0.2, -0.15) is 0 Å². The second kappa shape index (κ2) is 7.59. The van der Waals surface area contributed by atoms with Crippen molar-refractivity contribution < 1.29 is 9.47 Å². The fourth-order valence-corrected chi connectivity index (χ4v) is 4.57. The Kier molecular flexibility index (Phi) is 4.81. The Labute approximate surface area is 165 Å². The summed E-state index contributed by atoms with van der Waals surface area (Å²) < 4.78 is 11.2. The second-order valence-electron chi connectivity index (χ2n) is 7.66. The molecule has 1 saturated heterocycles. The van der Waals surface area contributed by atoms with Crippen LogP contribution < -0.4 is 10.1 Å². The average molecular weight is 377 g/mol. The lowest BCUT2D eigenvalue weighted by Crippen LogP contribution is -2.36. The highest BCUT2D eigenvalue weighted by molar-refractivity contribution is 5.85. The third-order valence-electron chi connectivity index (χ3n) is 5.99. The quantitative estimate of drug-likeness (QED) is 0.733. The van der Waals surface area contributed by atoms with Crippen LogP contribution in [0.1, 0.15) is 28.4 Å². The molecule has 0 amide bonds. The summed E-state index contributed by atoms with van der Waals surface area (Å²) in [5.74, 6) is 0.961. The van der Waals surface area contributed by atoms with E-state index in [2.05, 4.69) is 57.7 Å². The third-order valence-corrected chi connectivity index (χ3v) is 5.99. The highest BCUT2D eigenvalue weighted by atomic mass is 16.5. The predicted octanol–water partition coefficient (Wildman–Crippen LogP) is 3.24. The van der Waals surface area contributed by atoms with Crippen molar-refractivity contribution in [2.24, 2.45) is 0 Å². The van der Waals surface area contributed by atoms with Crippen molar-refractivity contribution in [2.45, 2.75) is 19.0 Å². The summed E-state index contributed by atoms with van der Waals surface area (Å²) in [5.41, 5.74) is 6.51. The molecule has 5 rings (SSSR count). The van der Waals surface area contributed by atoms with Crippen molar-refractivity contribution in [1.82, 2.24) is 15.2 Å². The number of hydrogen-bond acceptors (Lipinski definition) is 4. The molecule has 0 unspecified atom stereocenters. The van der Waals surface area contributed by atoms with Gasteiger partial charge in [-0.15, -0.1) is 0 Å². The molecule has 1 aromatic heterocycles. The van der Waals surface area contributed by atoms with E-state index in [0.717, 1.165) is 51.6 Å². The lowest BCUT2D eigenvalue weighted by atomic mass is 9.93. The molecule has 5 nitrogen and oxygen atoms in total. The van der Waals surface area contributed by atoms with Crippen molar-refractivity contribution in [3.05, 3.63) is 64.8 Å². The minimum absolute atomic E-state index is 0.186. The van der Waals surface area contributed by atoms with Crippen molar-refractivity contribution in [1.29, 1.82) is 0 Å². The van der Waals surface area contributed by atoms with E-state index in [4.69, 9.17) is 9.47 Å². The summed E-state index contributed by atoms with van der Waals surface area (Å²) >= 11 is 0. The van der Waals surface area contributed by atoms with Crippen LogP contribution in [0.25, 0.3) is 10.9 Å². The summed E-state index contributed by atoms with van der Waals surface area (Å²) in [4.78, 5) is 6.11. The topological polar surface area (TPSA) is 49.5 Å². The maximum absolute atomic E-state index is 5.66. The molecule has 0 saturated carbocycles. The summed E-state index contributed by atoms with van der Waals surface area (Å²) in [7, 11) is 1.76. The van der Waals surface area contributed by atoms with E-state index in [1.165, 1.54) is 33.3 Å². The summed E-state index contributed by atoms with van der Waals surface area (Å²) in [6.45, 7) is 5.45. The monoisotopic (exact) mass is 377 g/mol. The number of benzene rings is 2. The molecule has 5 heteroatoms. The maximum atomic E-state index is 5.66. The van der Waals surface area contributed by atoms with Crippen LogP contribution in [0.5, 0.6) is 5.75 Å². The number of fused-ring (bicyclic) bond motifs is 3. The summed E-state index contributed by atoms with van der Waals surface area (Å²) in [5, 5.41) is 5.07. The number of morpholine rings is 1. The first-order valence-corrected chi connectivity index (χ1v) is 10.1. The first kappa shape index (κ1) is 17.7. The van der Waals surface area contributed by atoms with Crippen LogP contribution in [-0.4, -0.2) is 49.8 Å². The first-order chi connectivity index (χ1) is 13.8. The van der Waals surface area contributed by atoms with E-state index in [0.29, 0.717) is 0 Å². The van der Waals surface area contributed by atoms with Crippen molar-refractivity contribution in [3.8, 4) is 5.75 Å². The highest BCUT2D eigenvalue weighted by Gasteiger charge is 2.26. The molecule has 3 heterocycles. The molecule has 2 N–H and O–H groups in total. The van der Waals surface area contributed by atoms with Crippen LogP contribution in [0.3, 0.4) is 0 Å². The molecule has 0 radical (unpaired) electrons. The van der Waals surface area contributed by atoms with Gasteiger partial charge in [-0.3, -0.25) is 4.90 Å². The van der Waals surface area contributed by atoms with E-state index in [-0.39, 0.29) is 6.04 Å². The van der Waals surface area contributed by atoms with E-state index < -0.39 is 0 Å². The van der Waals surface area contributed by atoms with Gasteiger partial charge in [0.1, 0.15) is 5.75 Å². The Bertz CT molecular complexity index is 975. The number of ether oxygens (including phenoxy) is 2. The van der Waals surface area contributed by atoms with Gasteiger partial charge in [0, 0.05) is 48.3 Å². The largest absolute Gasteiger partial charge is 0.496 e. The molecule has 0 spiro atoms. The molecule has 0 bridgehead atoms. The van der Waals surface area contributed by atoms with Crippen LogP contribution in [0, 0.1) is 0 Å². The van der Waals surface area contributed by atoms with Gasteiger partial charge in [-0.25, -0.2) is 0 Å². The molecule has 1 fully saturated rings. The summed E-state index contributed by atoms with van der Waals surface area (Å²) in [6, 6.07) is 15.4. The van der Waals surface area contributed by atoms with Gasteiger partial charge in [0.15, 0.2) is 0 Å². The lowest BCUT2D eigenvalue weighted by Gasteiger charge is -2.29. The zero-order valence-corrected chi connectivity index (χ0v) is 16.3. The number of aromatic nitrogens is 1. The van der Waals surface area contributed by atoms with E-state index in [9.17, 15) is 0 Å². The molecular weight excluding hydrogens is 350 g/mol. The zero-order valence-electron chi connectivity index (χ0n) is 16.3. The number of hydrogen-bond donors (Lipinski definition) is 2. The van der Waals surface area contributed by atoms with Crippen LogP contribution in [0.4, 0.5) is 0 Å². The van der Waals surface area contributed by atoms with E-state index in [1.807, 2.05) is 0 Å². The van der Waals surface area contributed by atoms with Crippen LogP contribution >= 0.6 is 0 Å². The number of aromatic amines is 1. The number of H-pyrrole nitrogens is 1. The predicted molar refractivity (Wildman–Crippen MR) is 111 cm³/mol. The van der Waals surface area contributed by atoms with Gasteiger partial charge in [-0.05, 0) is 35.7 Å². The number of nitrogens with one attached hydrogen (secondary N) is 2. The molecule has 1 atom stereocenters. The number of nitrogens with zero attached hydrogens (tertiary/aromatic N) is 1. The average Bonchev–Trinajstić information content (AvgIpc) is 3.13. The van der Waals surface area contributed by atoms with Crippen LogP contribution in [0.15, 0.2) is 42.5 Å². The van der Waals surface area contributed by atoms with Gasteiger partial charge in [0.2, 0.25) is 0 Å². The molecule has 146 valence electrons. The van der Waals surface area contributed by atoms with Crippen LogP contribution in [0.2, 0.25) is 0 Å². The fourth-order valence-electron chi connectivity index (χ4n) is 4.57. The minimum Gasteiger partial charge on any atom is -0.496 e. The smallest absolute Gasteiger partial charge is 0.123 e. The molecular formula is C23H27N3O2. The Morgan fingerprint density at radius 3 is 2.86 bits per heavy atom. The van der Waals surface area contributed by atoms with Gasteiger partial charge < -0.3 is 19.8 Å². The highest BCUT2D eigenvalue weighted by Crippen LogP contribution is 2.35. The Morgan fingerprint density at radius 2 is 2.00 bits per heavy atom. The number of para-hydroxylation sites is 1. The minimum atomic E-state index is 0.186. The van der Waals surface area contributed by atoms with Gasteiger partial charge in [0.25, 0.3) is 0 Å². The Morgan fingerprint density at radius 1 is 1.14 bits per heavy atom. The molecule has 2 aliphatic heterocycles. The van der Waals surface area contributed by atoms with E-state index in [1.54, 1.807) is 7.11 Å². The first-order valence-electron chi connectivity index (χ1n) is 10.1. The zero-order chi connectivity index (χ0) is 18.9. The summed E-state index contributed by atoms with van der Waals surface area (Å²) in [6.07, 6.45) is 1.06. The van der Waals surface area contributed by atoms with Gasteiger partial charge in [0.05, 0.1) is 26.4 Å².